The molecule has 198 valence electrons. The van der Waals surface area contributed by atoms with Gasteiger partial charge in [-0.3, -0.25) is 9.59 Å². The van der Waals surface area contributed by atoms with Gasteiger partial charge < -0.3 is 21.1 Å². The second kappa shape index (κ2) is 13.2. The number of carboxylic acid groups (broad SMARTS) is 1. The third kappa shape index (κ3) is 7.68. The molecule has 0 radical (unpaired) electrons. The summed E-state index contributed by atoms with van der Waals surface area (Å²) in [5.41, 5.74) is 4.18. The molecule has 0 heterocycles. The minimum absolute atomic E-state index is 0.0587. The van der Waals surface area contributed by atoms with Gasteiger partial charge in [-0.25, -0.2) is 4.79 Å². The predicted molar refractivity (Wildman–Crippen MR) is 151 cm³/mol. The predicted octanol–water partition coefficient (Wildman–Crippen LogP) is 6.61. The number of carboxylic acids is 1. The van der Waals surface area contributed by atoms with Gasteiger partial charge in [-0.1, -0.05) is 77.7 Å². The molecule has 7 nitrogen and oxygen atoms in total. The normalized spacial score (nSPS) is 14.3. The van der Waals surface area contributed by atoms with Crippen LogP contribution in [0.5, 0.6) is 0 Å². The smallest absolute Gasteiger partial charge is 0.319 e. The molecule has 0 spiro atoms. The van der Waals surface area contributed by atoms with Crippen LogP contribution < -0.4 is 16.0 Å². The van der Waals surface area contributed by atoms with Crippen molar-refractivity contribution in [1.82, 2.24) is 10.6 Å². The molecule has 4 rings (SSSR count). The van der Waals surface area contributed by atoms with E-state index in [9.17, 15) is 14.4 Å². The van der Waals surface area contributed by atoms with E-state index in [-0.39, 0.29) is 24.9 Å². The summed E-state index contributed by atoms with van der Waals surface area (Å²) < 4.78 is 0.863. The molecular formula is C30H32BrN3O4. The second-order valence-electron chi connectivity index (χ2n) is 9.57. The zero-order valence-electron chi connectivity index (χ0n) is 21.1. The van der Waals surface area contributed by atoms with Gasteiger partial charge in [0.25, 0.3) is 5.91 Å². The van der Waals surface area contributed by atoms with Crippen LogP contribution in [0.4, 0.5) is 10.5 Å². The van der Waals surface area contributed by atoms with Gasteiger partial charge in [-0.15, -0.1) is 0 Å². The van der Waals surface area contributed by atoms with Crippen LogP contribution in [-0.2, 0) is 4.79 Å². The molecular weight excluding hydrogens is 546 g/mol. The van der Waals surface area contributed by atoms with Crippen molar-refractivity contribution in [2.24, 2.45) is 0 Å². The molecule has 1 atom stereocenters. The van der Waals surface area contributed by atoms with Crippen LogP contribution in [0.1, 0.15) is 77.5 Å². The van der Waals surface area contributed by atoms with Crippen molar-refractivity contribution >= 4 is 39.5 Å². The van der Waals surface area contributed by atoms with Gasteiger partial charge in [0, 0.05) is 22.3 Å². The van der Waals surface area contributed by atoms with E-state index in [1.165, 1.54) is 37.7 Å². The summed E-state index contributed by atoms with van der Waals surface area (Å²) in [6, 6.07) is 22.0. The third-order valence-electron chi connectivity index (χ3n) is 6.83. The zero-order chi connectivity index (χ0) is 26.9. The van der Waals surface area contributed by atoms with Crippen LogP contribution in [-0.4, -0.2) is 29.6 Å². The van der Waals surface area contributed by atoms with Crippen molar-refractivity contribution in [1.29, 1.82) is 0 Å². The minimum atomic E-state index is -0.967. The maximum Gasteiger partial charge on any atom is 0.319 e. The Morgan fingerprint density at radius 2 is 1.55 bits per heavy atom. The number of carbonyl (C=O) groups is 3. The average Bonchev–Trinajstić information content (AvgIpc) is 2.92. The van der Waals surface area contributed by atoms with Gasteiger partial charge in [-0.2, -0.15) is 0 Å². The fourth-order valence-electron chi connectivity index (χ4n) is 4.83. The Morgan fingerprint density at radius 1 is 0.895 bits per heavy atom. The Balaban J connectivity index is 1.53. The standard InChI is InChI=1S/C30H32BrN3O4/c31-25-7-4-8-26(19-25)33-30(38)34-28(22-11-9-21(10-12-22)20-5-2-1-3-6-20)23-13-15-24(16-14-23)29(37)32-18-17-27(35)36/h4,7-16,19-20,28H,1-3,5-6,17-18H2,(H,32,37)(H,35,36)(H2,33,34,38). The maximum atomic E-state index is 13.0. The van der Waals surface area contributed by atoms with E-state index in [2.05, 4.69) is 56.1 Å². The number of anilines is 1. The molecule has 1 fully saturated rings. The summed E-state index contributed by atoms with van der Waals surface area (Å²) in [4.78, 5) is 36.1. The lowest BCUT2D eigenvalue weighted by Gasteiger charge is -2.24. The van der Waals surface area contributed by atoms with Crippen molar-refractivity contribution < 1.29 is 19.5 Å². The molecule has 3 amide bonds. The largest absolute Gasteiger partial charge is 0.481 e. The van der Waals surface area contributed by atoms with Gasteiger partial charge in [0.05, 0.1) is 12.5 Å². The van der Waals surface area contributed by atoms with Crippen molar-refractivity contribution in [3.05, 3.63) is 99.5 Å². The molecule has 3 aromatic carbocycles. The molecule has 4 N–H and O–H groups in total. The summed E-state index contributed by atoms with van der Waals surface area (Å²) in [7, 11) is 0. The van der Waals surface area contributed by atoms with Crippen LogP contribution in [0.3, 0.4) is 0 Å². The van der Waals surface area contributed by atoms with Gasteiger partial charge >= 0.3 is 12.0 Å². The monoisotopic (exact) mass is 577 g/mol. The SMILES string of the molecule is O=C(O)CCNC(=O)c1ccc(C(NC(=O)Nc2cccc(Br)c2)c2ccc(C3CCCCC3)cc2)cc1. The maximum absolute atomic E-state index is 13.0. The molecule has 0 aromatic heterocycles. The van der Waals surface area contributed by atoms with Crippen LogP contribution in [0, 0.1) is 0 Å². The first-order valence-corrected chi connectivity index (χ1v) is 13.7. The number of hydrogen-bond donors (Lipinski definition) is 4. The van der Waals surface area contributed by atoms with Crippen molar-refractivity contribution in [3.8, 4) is 0 Å². The number of amides is 3. The van der Waals surface area contributed by atoms with Crippen molar-refractivity contribution in [3.63, 3.8) is 0 Å². The number of urea groups is 1. The molecule has 1 aliphatic carbocycles. The highest BCUT2D eigenvalue weighted by molar-refractivity contribution is 9.10. The van der Waals surface area contributed by atoms with Crippen LogP contribution in [0.2, 0.25) is 0 Å². The third-order valence-corrected chi connectivity index (χ3v) is 7.33. The van der Waals surface area contributed by atoms with E-state index in [4.69, 9.17) is 5.11 Å². The highest BCUT2D eigenvalue weighted by Gasteiger charge is 2.20. The van der Waals surface area contributed by atoms with Gasteiger partial charge in [0.2, 0.25) is 0 Å². The van der Waals surface area contributed by atoms with Crippen LogP contribution >= 0.6 is 15.9 Å². The number of benzene rings is 3. The number of halogens is 1. The first kappa shape index (κ1) is 27.4. The highest BCUT2D eigenvalue weighted by Crippen LogP contribution is 2.33. The summed E-state index contributed by atoms with van der Waals surface area (Å²) >= 11 is 3.42. The van der Waals surface area contributed by atoms with E-state index in [1.54, 1.807) is 12.1 Å². The van der Waals surface area contributed by atoms with E-state index < -0.39 is 12.0 Å². The number of carbonyl (C=O) groups excluding carboxylic acids is 2. The molecule has 8 heteroatoms. The molecule has 0 aliphatic heterocycles. The average molecular weight is 579 g/mol. The van der Waals surface area contributed by atoms with Crippen molar-refractivity contribution in [2.75, 3.05) is 11.9 Å². The second-order valence-corrected chi connectivity index (χ2v) is 10.5. The number of hydrogen-bond acceptors (Lipinski definition) is 3. The van der Waals surface area contributed by atoms with E-state index in [1.807, 2.05) is 36.4 Å². The summed E-state index contributed by atoms with van der Waals surface area (Å²) in [5, 5.41) is 17.4. The van der Waals surface area contributed by atoms with E-state index in [0.29, 0.717) is 17.2 Å². The molecule has 1 aliphatic rings. The highest BCUT2D eigenvalue weighted by atomic mass is 79.9. The lowest BCUT2D eigenvalue weighted by atomic mass is 9.83. The Kier molecular flexibility index (Phi) is 9.54. The van der Waals surface area contributed by atoms with Gasteiger partial charge in [-0.05, 0) is 65.8 Å². The fraction of sp³-hybridized carbons (Fsp3) is 0.300. The van der Waals surface area contributed by atoms with E-state index >= 15 is 0 Å². The lowest BCUT2D eigenvalue weighted by molar-refractivity contribution is -0.136. The summed E-state index contributed by atoms with van der Waals surface area (Å²) in [6.07, 6.45) is 6.13. The fourth-order valence-corrected chi connectivity index (χ4v) is 5.23. The zero-order valence-corrected chi connectivity index (χ0v) is 22.7. The Bertz CT molecular complexity index is 1260. The van der Waals surface area contributed by atoms with Crippen LogP contribution in [0.25, 0.3) is 0 Å². The molecule has 0 saturated heterocycles. The molecule has 1 unspecified atom stereocenters. The van der Waals surface area contributed by atoms with E-state index in [0.717, 1.165) is 15.6 Å². The quantitative estimate of drug-likeness (QED) is 0.229. The Hall–Kier alpha value is -3.65. The van der Waals surface area contributed by atoms with Crippen molar-refractivity contribution in [2.45, 2.75) is 50.5 Å². The first-order chi connectivity index (χ1) is 18.4. The Labute approximate surface area is 231 Å². The lowest BCUT2D eigenvalue weighted by Crippen LogP contribution is -2.33. The topological polar surface area (TPSA) is 108 Å². The Morgan fingerprint density at radius 3 is 2.18 bits per heavy atom. The summed E-state index contributed by atoms with van der Waals surface area (Å²) in [5.74, 6) is -0.722. The molecule has 1 saturated carbocycles. The van der Waals surface area contributed by atoms with Gasteiger partial charge in [0.15, 0.2) is 0 Å². The van der Waals surface area contributed by atoms with Crippen LogP contribution in [0.15, 0.2) is 77.3 Å². The number of rotatable bonds is 9. The number of nitrogens with one attached hydrogen (secondary N) is 3. The minimum Gasteiger partial charge on any atom is -0.481 e. The van der Waals surface area contributed by atoms with Gasteiger partial charge in [0.1, 0.15) is 0 Å². The molecule has 0 bridgehead atoms. The number of aliphatic carboxylic acids is 1. The summed E-state index contributed by atoms with van der Waals surface area (Å²) in [6.45, 7) is 0.0587. The molecule has 3 aromatic rings. The first-order valence-electron chi connectivity index (χ1n) is 12.9. The molecule has 38 heavy (non-hydrogen) atoms.